The summed E-state index contributed by atoms with van der Waals surface area (Å²) in [6, 6.07) is 10.5. The summed E-state index contributed by atoms with van der Waals surface area (Å²) in [6.45, 7) is 1.54. The lowest BCUT2D eigenvalue weighted by Gasteiger charge is -2.42. The van der Waals surface area contributed by atoms with E-state index in [1.807, 2.05) is 4.90 Å². The molecule has 1 atom stereocenters. The topological polar surface area (TPSA) is 66.9 Å². The van der Waals surface area contributed by atoms with Gasteiger partial charge in [0.1, 0.15) is 5.75 Å². The third-order valence-corrected chi connectivity index (χ3v) is 9.11. The molecule has 6 nitrogen and oxygen atoms in total. The van der Waals surface area contributed by atoms with E-state index in [0.29, 0.717) is 42.8 Å². The molecule has 202 valence electrons. The molecule has 0 bridgehead atoms. The van der Waals surface area contributed by atoms with Gasteiger partial charge in [-0.15, -0.1) is 0 Å². The van der Waals surface area contributed by atoms with E-state index >= 15 is 0 Å². The van der Waals surface area contributed by atoms with Gasteiger partial charge in [0.05, 0.1) is 17.1 Å². The zero-order chi connectivity index (χ0) is 26.7. The van der Waals surface area contributed by atoms with Crippen molar-refractivity contribution in [3.05, 3.63) is 59.1 Å². The number of benzene rings is 2. The molecular weight excluding hydrogens is 529 g/mol. The SMILES string of the molecule is O=C(C[C@@]1(COc2ccc(Cl)cc2)CCCN(S(=O)(=O)c2cccc(C(F)(F)F)c2)C1)N1CCCCC1. The lowest BCUT2D eigenvalue weighted by Crippen LogP contribution is -2.51. The number of rotatable bonds is 7. The fourth-order valence-corrected chi connectivity index (χ4v) is 6.77. The Morgan fingerprint density at radius 3 is 2.38 bits per heavy atom. The Balaban J connectivity index is 1.60. The highest BCUT2D eigenvalue weighted by Crippen LogP contribution is 2.38. The summed E-state index contributed by atoms with van der Waals surface area (Å²) in [6.07, 6.45) is -0.645. The van der Waals surface area contributed by atoms with Crippen molar-refractivity contribution in [1.82, 2.24) is 9.21 Å². The monoisotopic (exact) mass is 558 g/mol. The van der Waals surface area contributed by atoms with Crippen molar-refractivity contribution in [3.8, 4) is 5.75 Å². The Labute approximate surface area is 220 Å². The summed E-state index contributed by atoms with van der Waals surface area (Å²) in [5.74, 6) is 0.477. The van der Waals surface area contributed by atoms with Crippen LogP contribution in [0.1, 0.15) is 44.1 Å². The predicted molar refractivity (Wildman–Crippen MR) is 134 cm³/mol. The summed E-state index contributed by atoms with van der Waals surface area (Å²) < 4.78 is 73.9. The molecule has 11 heteroatoms. The molecule has 1 amide bonds. The highest BCUT2D eigenvalue weighted by atomic mass is 35.5. The van der Waals surface area contributed by atoms with Crippen molar-refractivity contribution >= 4 is 27.5 Å². The van der Waals surface area contributed by atoms with Gasteiger partial charge in [-0.25, -0.2) is 8.42 Å². The Hall–Kier alpha value is -2.30. The quantitative estimate of drug-likeness (QED) is 0.443. The zero-order valence-electron chi connectivity index (χ0n) is 20.3. The number of carbonyl (C=O) groups excluding carboxylic acids is 1. The minimum Gasteiger partial charge on any atom is -0.493 e. The first-order valence-corrected chi connectivity index (χ1v) is 14.1. The van der Waals surface area contributed by atoms with E-state index in [2.05, 4.69) is 0 Å². The molecule has 2 aliphatic rings. The molecule has 0 radical (unpaired) electrons. The number of likely N-dealkylation sites (tertiary alicyclic amines) is 1. The second-order valence-corrected chi connectivity index (χ2v) is 12.2. The summed E-state index contributed by atoms with van der Waals surface area (Å²) in [7, 11) is -4.23. The molecule has 37 heavy (non-hydrogen) atoms. The van der Waals surface area contributed by atoms with E-state index in [-0.39, 0.29) is 32.0 Å². The molecule has 0 aliphatic carbocycles. The van der Waals surface area contributed by atoms with E-state index < -0.39 is 32.1 Å². The Bertz CT molecular complexity index is 1200. The Kier molecular flexibility index (Phi) is 8.40. The number of carbonyl (C=O) groups is 1. The largest absolute Gasteiger partial charge is 0.493 e. The Morgan fingerprint density at radius 1 is 1.00 bits per heavy atom. The molecule has 2 heterocycles. The van der Waals surface area contributed by atoms with Crippen LogP contribution in [0.5, 0.6) is 5.75 Å². The second kappa shape index (κ2) is 11.2. The molecular formula is C26H30ClF3N2O4S. The van der Waals surface area contributed by atoms with E-state index in [9.17, 15) is 26.4 Å². The van der Waals surface area contributed by atoms with Crippen LogP contribution in [0.2, 0.25) is 5.02 Å². The molecule has 2 saturated heterocycles. The predicted octanol–water partition coefficient (Wildman–Crippen LogP) is 5.61. The van der Waals surface area contributed by atoms with E-state index in [1.54, 1.807) is 24.3 Å². The van der Waals surface area contributed by atoms with Crippen molar-refractivity contribution in [1.29, 1.82) is 0 Å². The average Bonchev–Trinajstić information content (AvgIpc) is 2.88. The number of halogens is 4. The van der Waals surface area contributed by atoms with Gasteiger partial charge in [-0.05, 0) is 74.6 Å². The molecule has 0 saturated carbocycles. The molecule has 2 aromatic rings. The maximum absolute atomic E-state index is 13.5. The molecule has 2 aromatic carbocycles. The number of piperidine rings is 2. The summed E-state index contributed by atoms with van der Waals surface area (Å²) in [5, 5.41) is 0.540. The fraction of sp³-hybridized carbons (Fsp3) is 0.500. The molecule has 2 fully saturated rings. The molecule has 4 rings (SSSR count). The number of nitrogens with zero attached hydrogens (tertiary/aromatic N) is 2. The molecule has 2 aliphatic heterocycles. The average molecular weight is 559 g/mol. The van der Waals surface area contributed by atoms with E-state index in [4.69, 9.17) is 16.3 Å². The first-order valence-electron chi connectivity index (χ1n) is 12.3. The first kappa shape index (κ1) is 27.7. The van der Waals surface area contributed by atoms with Crippen molar-refractivity contribution in [2.75, 3.05) is 32.8 Å². The van der Waals surface area contributed by atoms with Crippen LogP contribution in [0.25, 0.3) is 0 Å². The number of alkyl halides is 3. The maximum Gasteiger partial charge on any atom is 0.416 e. The van der Waals surface area contributed by atoms with Crippen LogP contribution >= 0.6 is 11.6 Å². The van der Waals surface area contributed by atoms with Crippen molar-refractivity contribution < 1.29 is 31.1 Å². The van der Waals surface area contributed by atoms with Gasteiger partial charge in [0.15, 0.2) is 0 Å². The van der Waals surface area contributed by atoms with Gasteiger partial charge in [0.25, 0.3) is 0 Å². The van der Waals surface area contributed by atoms with Gasteiger partial charge >= 0.3 is 6.18 Å². The minimum atomic E-state index is -4.66. The van der Waals surface area contributed by atoms with Crippen LogP contribution in [0.3, 0.4) is 0 Å². The number of amides is 1. The Morgan fingerprint density at radius 2 is 1.70 bits per heavy atom. The molecule has 0 N–H and O–H groups in total. The summed E-state index contributed by atoms with van der Waals surface area (Å²) in [5.41, 5.74) is -1.86. The van der Waals surface area contributed by atoms with Crippen LogP contribution in [-0.2, 0) is 21.0 Å². The third kappa shape index (κ3) is 6.78. The minimum absolute atomic E-state index is 0.0290. The normalized spacial score (nSPS) is 21.6. The smallest absolute Gasteiger partial charge is 0.416 e. The van der Waals surface area contributed by atoms with Gasteiger partial charge in [0.2, 0.25) is 15.9 Å². The van der Waals surface area contributed by atoms with E-state index in [0.717, 1.165) is 31.4 Å². The lowest BCUT2D eigenvalue weighted by atomic mass is 9.78. The summed E-state index contributed by atoms with van der Waals surface area (Å²) in [4.78, 5) is 14.7. The number of hydrogen-bond acceptors (Lipinski definition) is 4. The third-order valence-electron chi connectivity index (χ3n) is 7.02. The number of hydrogen-bond donors (Lipinski definition) is 0. The van der Waals surface area contributed by atoms with Gasteiger partial charge in [-0.1, -0.05) is 17.7 Å². The van der Waals surface area contributed by atoms with Crippen LogP contribution < -0.4 is 4.74 Å². The molecule has 0 spiro atoms. The van der Waals surface area contributed by atoms with Crippen molar-refractivity contribution in [2.45, 2.75) is 49.6 Å². The van der Waals surface area contributed by atoms with Crippen molar-refractivity contribution in [2.24, 2.45) is 5.41 Å². The van der Waals surface area contributed by atoms with Gasteiger partial charge in [-0.3, -0.25) is 4.79 Å². The highest BCUT2D eigenvalue weighted by molar-refractivity contribution is 7.89. The van der Waals surface area contributed by atoms with Crippen LogP contribution in [-0.4, -0.2) is 56.3 Å². The number of sulfonamides is 1. The number of ether oxygens (including phenoxy) is 1. The van der Waals surface area contributed by atoms with Gasteiger partial charge in [-0.2, -0.15) is 17.5 Å². The second-order valence-electron chi connectivity index (χ2n) is 9.83. The van der Waals surface area contributed by atoms with Gasteiger partial charge in [0, 0.05) is 43.0 Å². The van der Waals surface area contributed by atoms with Crippen molar-refractivity contribution in [3.63, 3.8) is 0 Å². The zero-order valence-corrected chi connectivity index (χ0v) is 21.9. The van der Waals surface area contributed by atoms with E-state index in [1.165, 1.54) is 10.4 Å². The molecule has 0 aromatic heterocycles. The molecule has 0 unspecified atom stereocenters. The van der Waals surface area contributed by atoms with Crippen LogP contribution in [0.4, 0.5) is 13.2 Å². The maximum atomic E-state index is 13.5. The summed E-state index contributed by atoms with van der Waals surface area (Å²) >= 11 is 5.96. The highest BCUT2D eigenvalue weighted by Gasteiger charge is 2.43. The van der Waals surface area contributed by atoms with Crippen LogP contribution in [0, 0.1) is 5.41 Å². The first-order chi connectivity index (χ1) is 17.5. The van der Waals surface area contributed by atoms with Gasteiger partial charge < -0.3 is 9.64 Å². The fourth-order valence-electron chi connectivity index (χ4n) is 5.01. The van der Waals surface area contributed by atoms with Crippen LogP contribution in [0.15, 0.2) is 53.4 Å². The lowest BCUT2D eigenvalue weighted by molar-refractivity contribution is -0.138. The standard InChI is InChI=1S/C26H30ClF3N2O4S/c27-21-8-10-22(11-9-21)36-19-25(17-24(33)31-13-2-1-3-14-31)12-5-15-32(18-25)37(34,35)23-7-4-6-20(16-23)26(28,29)30/h4,6-11,16H,1-3,5,12-15,17-19H2/t25-/m0/s1.